The summed E-state index contributed by atoms with van der Waals surface area (Å²) in [4.78, 5) is 25.2. The maximum Gasteiger partial charge on any atom is 0.157 e. The molecule has 4 aliphatic heterocycles. The standard InChI is InChI=1S/C24H22N4O/c1-3-24-13-21-9-8-19(27-21)11-17-5-4-16(25-17)10-18-6-7-20(26-18)12-23(28-24)22(14-24)15(2)29/h4-13,25,28H,3,14H2,1-2H3/b16-10-,17-11-,20-12-,21-13-/i14D. The van der Waals surface area contributed by atoms with Crippen LogP contribution >= 0.6 is 0 Å². The number of ketones is 1. The molecule has 0 aliphatic carbocycles. The lowest BCUT2D eigenvalue weighted by Gasteiger charge is -2.26. The van der Waals surface area contributed by atoms with Crippen molar-refractivity contribution in [1.82, 2.24) is 10.3 Å². The van der Waals surface area contributed by atoms with Crippen molar-refractivity contribution in [3.05, 3.63) is 82.0 Å². The number of fused-ring (bicyclic) bond motifs is 6. The third-order valence-electron chi connectivity index (χ3n) is 5.43. The summed E-state index contributed by atoms with van der Waals surface area (Å²) in [7, 11) is 0. The second-order valence-electron chi connectivity index (χ2n) is 7.58. The first-order valence-corrected chi connectivity index (χ1v) is 9.78. The van der Waals surface area contributed by atoms with E-state index in [0.29, 0.717) is 17.7 Å². The maximum atomic E-state index is 12.4. The summed E-state index contributed by atoms with van der Waals surface area (Å²) in [5.74, 6) is -0.100. The highest BCUT2D eigenvalue weighted by molar-refractivity contribution is 6.20. The smallest absolute Gasteiger partial charge is 0.157 e. The monoisotopic (exact) mass is 383 g/mol. The molecule has 144 valence electrons. The van der Waals surface area contributed by atoms with Crippen molar-refractivity contribution in [2.24, 2.45) is 9.98 Å². The number of aromatic nitrogens is 1. The molecule has 5 heteroatoms. The Kier molecular flexibility index (Phi) is 3.72. The number of carbonyl (C=O) groups excluding carboxylic acids is 1. The fourth-order valence-corrected chi connectivity index (χ4v) is 3.90. The minimum absolute atomic E-state index is 0.100. The summed E-state index contributed by atoms with van der Waals surface area (Å²) >= 11 is 0. The molecular weight excluding hydrogens is 360 g/mol. The zero-order chi connectivity index (χ0) is 20.9. The molecule has 0 saturated heterocycles. The predicted octanol–water partition coefficient (Wildman–Crippen LogP) is 2.36. The van der Waals surface area contributed by atoms with E-state index in [0.717, 1.165) is 33.5 Å². The molecule has 0 saturated carbocycles. The van der Waals surface area contributed by atoms with E-state index < -0.39 is 11.9 Å². The van der Waals surface area contributed by atoms with Gasteiger partial charge in [-0.15, -0.1) is 0 Å². The first kappa shape index (κ1) is 16.5. The van der Waals surface area contributed by atoms with Gasteiger partial charge in [-0.2, -0.15) is 0 Å². The molecule has 0 spiro atoms. The van der Waals surface area contributed by atoms with Crippen LogP contribution in [0.3, 0.4) is 0 Å². The molecule has 2 N–H and O–H groups in total. The molecule has 29 heavy (non-hydrogen) atoms. The quantitative estimate of drug-likeness (QED) is 0.823. The first-order chi connectivity index (χ1) is 14.5. The van der Waals surface area contributed by atoms with Crippen molar-refractivity contribution in [2.45, 2.75) is 32.2 Å². The van der Waals surface area contributed by atoms with E-state index in [-0.39, 0.29) is 5.78 Å². The van der Waals surface area contributed by atoms with E-state index in [2.05, 4.69) is 15.3 Å². The van der Waals surface area contributed by atoms with Crippen molar-refractivity contribution in [1.29, 1.82) is 0 Å². The van der Waals surface area contributed by atoms with E-state index in [4.69, 9.17) is 6.36 Å². The number of hydrogen-bond donors (Lipinski definition) is 2. The van der Waals surface area contributed by atoms with Gasteiger partial charge in [-0.3, -0.25) is 4.79 Å². The number of hydrogen-bond acceptors (Lipinski definition) is 4. The van der Waals surface area contributed by atoms with Gasteiger partial charge in [-0.05, 0) is 74.1 Å². The molecule has 8 bridgehead atoms. The van der Waals surface area contributed by atoms with E-state index >= 15 is 0 Å². The van der Waals surface area contributed by atoms with Crippen LogP contribution in [0.4, 0.5) is 0 Å². The summed E-state index contributed by atoms with van der Waals surface area (Å²) in [5.41, 5.74) is 3.65. The van der Waals surface area contributed by atoms with Crippen LogP contribution in [0.1, 0.15) is 28.0 Å². The Balaban J connectivity index is 1.74. The Morgan fingerprint density at radius 2 is 1.72 bits per heavy atom. The van der Waals surface area contributed by atoms with Crippen LogP contribution in [0.25, 0.3) is 12.2 Å². The molecule has 0 aromatic carbocycles. The molecule has 4 aliphatic rings. The second kappa shape index (κ2) is 6.55. The molecule has 5 heterocycles. The predicted molar refractivity (Wildman–Crippen MR) is 117 cm³/mol. The first-order valence-electron chi connectivity index (χ1n) is 10.4. The van der Waals surface area contributed by atoms with Crippen molar-refractivity contribution in [2.75, 3.05) is 0 Å². The van der Waals surface area contributed by atoms with Gasteiger partial charge in [0.25, 0.3) is 0 Å². The summed E-state index contributed by atoms with van der Waals surface area (Å²) in [6.45, 7) is 3.54. The normalized spacial score (nSPS) is 33.3. The van der Waals surface area contributed by atoms with Crippen LogP contribution in [-0.2, 0) is 4.79 Å². The summed E-state index contributed by atoms with van der Waals surface area (Å²) in [6.07, 6.45) is 15.5. The number of nitrogens with one attached hydrogen (secondary N) is 2. The summed E-state index contributed by atoms with van der Waals surface area (Å²) in [5, 5.41) is 5.38. The van der Waals surface area contributed by atoms with Gasteiger partial charge < -0.3 is 10.3 Å². The van der Waals surface area contributed by atoms with Crippen molar-refractivity contribution in [3.63, 3.8) is 0 Å². The SMILES string of the molecule is [2H]C1C(C(C)=O)=C2/C=C3/C=CC(=N3)/C=c3/cc/c([nH]3)=C/C3=NC(=C\C1(CC)N2)/C=C3. The van der Waals surface area contributed by atoms with Gasteiger partial charge >= 0.3 is 0 Å². The molecule has 5 nitrogen and oxygen atoms in total. The lowest BCUT2D eigenvalue weighted by molar-refractivity contribution is -0.113. The zero-order valence-electron chi connectivity index (χ0n) is 17.4. The highest BCUT2D eigenvalue weighted by atomic mass is 16.1. The van der Waals surface area contributed by atoms with Gasteiger partial charge in [0, 0.05) is 29.7 Å². The number of Topliss-reactive ketones (excluding diaryl/α,β-unsaturated/α-hetero) is 1. The number of nitrogens with zero attached hydrogens (tertiary/aromatic N) is 2. The fourth-order valence-electron chi connectivity index (χ4n) is 3.90. The van der Waals surface area contributed by atoms with E-state index in [1.807, 2.05) is 67.7 Å². The Labute approximate surface area is 170 Å². The number of allylic oxidation sites excluding steroid dienone is 5. The van der Waals surface area contributed by atoms with Crippen LogP contribution in [-0.4, -0.2) is 27.7 Å². The maximum absolute atomic E-state index is 12.4. The molecule has 1 aromatic heterocycles. The number of H-pyrrole nitrogens is 1. The lowest BCUT2D eigenvalue weighted by Crippen LogP contribution is -2.37. The number of rotatable bonds is 2. The van der Waals surface area contributed by atoms with E-state index in [9.17, 15) is 4.79 Å². The van der Waals surface area contributed by atoms with Crippen LogP contribution < -0.4 is 16.0 Å². The van der Waals surface area contributed by atoms with Gasteiger partial charge in [0.1, 0.15) is 0 Å². The van der Waals surface area contributed by atoms with Gasteiger partial charge in [0.15, 0.2) is 5.78 Å². The average molecular weight is 383 g/mol. The molecule has 0 fully saturated rings. The highest BCUT2D eigenvalue weighted by Crippen LogP contribution is 2.35. The van der Waals surface area contributed by atoms with Crippen LogP contribution in [0.2, 0.25) is 0 Å². The molecule has 0 amide bonds. The summed E-state index contributed by atoms with van der Waals surface area (Å²) in [6, 6.07) is 4.02. The molecule has 5 rings (SSSR count). The van der Waals surface area contributed by atoms with E-state index in [1.54, 1.807) is 0 Å². The lowest BCUT2D eigenvalue weighted by atomic mass is 9.89. The molecule has 2 unspecified atom stereocenters. The molecule has 0 radical (unpaired) electrons. The molecular formula is C24H22N4O. The minimum atomic E-state index is -0.724. The molecule has 2 atom stereocenters. The topological polar surface area (TPSA) is 69.6 Å². The van der Waals surface area contributed by atoms with Crippen LogP contribution in [0.15, 0.2) is 81.2 Å². The largest absolute Gasteiger partial charge is 0.375 e. The number of aliphatic imine (C=N–C) groups is 2. The number of carbonyl (C=O) groups is 1. The number of aromatic amines is 1. The van der Waals surface area contributed by atoms with Gasteiger partial charge in [-0.1, -0.05) is 6.92 Å². The zero-order valence-corrected chi connectivity index (χ0v) is 16.4. The Bertz CT molecular complexity index is 1300. The highest BCUT2D eigenvalue weighted by Gasteiger charge is 2.36. The van der Waals surface area contributed by atoms with Crippen molar-refractivity contribution >= 4 is 29.4 Å². The van der Waals surface area contributed by atoms with Crippen molar-refractivity contribution < 1.29 is 6.17 Å². The van der Waals surface area contributed by atoms with Gasteiger partial charge in [-0.25, -0.2) is 9.98 Å². The Hall–Kier alpha value is -3.47. The van der Waals surface area contributed by atoms with Crippen molar-refractivity contribution in [3.8, 4) is 0 Å². The van der Waals surface area contributed by atoms with Crippen LogP contribution in [0.5, 0.6) is 0 Å². The molecule has 1 aromatic rings. The fraction of sp³-hybridized carbons (Fsp3) is 0.208. The second-order valence-corrected chi connectivity index (χ2v) is 7.58. The van der Waals surface area contributed by atoms with E-state index in [1.165, 1.54) is 6.92 Å². The third-order valence-corrected chi connectivity index (χ3v) is 5.43. The van der Waals surface area contributed by atoms with Crippen LogP contribution in [0, 0.1) is 0 Å². The van der Waals surface area contributed by atoms with Gasteiger partial charge in [0.2, 0.25) is 0 Å². The Morgan fingerprint density at radius 3 is 2.38 bits per heavy atom. The third kappa shape index (κ3) is 3.29. The average Bonchev–Trinajstić information content (AvgIpc) is 3.46. The Morgan fingerprint density at radius 1 is 1.07 bits per heavy atom. The summed E-state index contributed by atoms with van der Waals surface area (Å²) < 4.78 is 8.90. The minimum Gasteiger partial charge on any atom is -0.375 e. The van der Waals surface area contributed by atoms with Gasteiger partial charge in [0.05, 0.1) is 28.4 Å².